The van der Waals surface area contributed by atoms with Crippen LogP contribution in [-0.2, 0) is 16.3 Å². The zero-order chi connectivity index (χ0) is 22.7. The van der Waals surface area contributed by atoms with Crippen LogP contribution in [0.25, 0.3) is 22.6 Å². The average molecular weight is 489 g/mol. The number of hydrogen-bond donors (Lipinski definition) is 0. The maximum absolute atomic E-state index is 12.2. The van der Waals surface area contributed by atoms with E-state index in [0.717, 1.165) is 41.1 Å². The number of rotatable bonds is 8. The lowest BCUT2D eigenvalue weighted by Gasteiger charge is -2.20. The van der Waals surface area contributed by atoms with Crippen LogP contribution in [-0.4, -0.2) is 43.2 Å². The second kappa shape index (κ2) is 10.9. The van der Waals surface area contributed by atoms with Crippen molar-refractivity contribution in [2.75, 3.05) is 18.8 Å². The van der Waals surface area contributed by atoms with Crippen molar-refractivity contribution < 1.29 is 12.8 Å². The molecule has 2 aromatic carbocycles. The third kappa shape index (κ3) is 5.86. The molecule has 33 heavy (non-hydrogen) atoms. The maximum atomic E-state index is 12.2. The molecule has 1 fully saturated rings. The largest absolute Gasteiger partial charge is 0.441 e. The summed E-state index contributed by atoms with van der Waals surface area (Å²) >= 11 is 0. The number of aryl methyl sites for hydroxylation is 1. The molecule has 0 radical (unpaired) electrons. The molecule has 4 rings (SSSR count). The highest BCUT2D eigenvalue weighted by Crippen LogP contribution is 2.27. The van der Waals surface area contributed by atoms with E-state index in [4.69, 9.17) is 9.40 Å². The lowest BCUT2D eigenvalue weighted by molar-refractivity contribution is 0.271. The maximum Gasteiger partial charge on any atom is 0.226 e. The predicted octanol–water partition coefficient (Wildman–Crippen LogP) is 5.95. The number of sulfone groups is 1. The SMILES string of the molecule is CCCS(=O)(=O)c1ccc(-c2ccc(-c3nc(CCN4CCCC4C)c(C)o3)cc2)cc1.Cl. The molecule has 178 valence electrons. The third-order valence-electron chi connectivity index (χ3n) is 6.37. The van der Waals surface area contributed by atoms with Gasteiger partial charge in [0.05, 0.1) is 16.3 Å². The van der Waals surface area contributed by atoms with Crippen molar-refractivity contribution in [2.45, 2.75) is 57.4 Å². The highest BCUT2D eigenvalue weighted by molar-refractivity contribution is 7.91. The summed E-state index contributed by atoms with van der Waals surface area (Å²) in [4.78, 5) is 7.67. The minimum atomic E-state index is -3.19. The summed E-state index contributed by atoms with van der Waals surface area (Å²) in [5, 5.41) is 0. The molecular weight excluding hydrogens is 456 g/mol. The van der Waals surface area contributed by atoms with E-state index < -0.39 is 9.84 Å². The number of hydrogen-bond acceptors (Lipinski definition) is 5. The van der Waals surface area contributed by atoms with Gasteiger partial charge in [-0.25, -0.2) is 13.4 Å². The molecular formula is C26H33ClN2O3S. The Bertz CT molecular complexity index is 1160. The number of likely N-dealkylation sites (tertiary alicyclic amines) is 1. The van der Waals surface area contributed by atoms with Crippen LogP contribution in [0.1, 0.15) is 44.6 Å². The zero-order valence-corrected chi connectivity index (χ0v) is 21.2. The monoisotopic (exact) mass is 488 g/mol. The number of halogens is 1. The molecule has 0 bridgehead atoms. The lowest BCUT2D eigenvalue weighted by Crippen LogP contribution is -2.29. The first-order valence-corrected chi connectivity index (χ1v) is 13.2. The van der Waals surface area contributed by atoms with E-state index in [0.29, 0.717) is 23.2 Å². The lowest BCUT2D eigenvalue weighted by atomic mass is 10.0. The van der Waals surface area contributed by atoms with Gasteiger partial charge in [0.15, 0.2) is 9.84 Å². The molecule has 7 heteroatoms. The second-order valence-electron chi connectivity index (χ2n) is 8.72. The number of nitrogens with zero attached hydrogens (tertiary/aromatic N) is 2. The van der Waals surface area contributed by atoms with E-state index in [9.17, 15) is 8.42 Å². The summed E-state index contributed by atoms with van der Waals surface area (Å²) in [6.45, 7) is 8.36. The zero-order valence-electron chi connectivity index (χ0n) is 19.6. The van der Waals surface area contributed by atoms with Gasteiger partial charge in [-0.1, -0.05) is 31.2 Å². The van der Waals surface area contributed by atoms with Gasteiger partial charge in [-0.3, -0.25) is 0 Å². The Labute approximate surface area is 203 Å². The molecule has 1 aliphatic heterocycles. The average Bonchev–Trinajstić information content (AvgIpc) is 3.37. The molecule has 1 saturated heterocycles. The summed E-state index contributed by atoms with van der Waals surface area (Å²) in [6, 6.07) is 15.8. The number of oxazole rings is 1. The van der Waals surface area contributed by atoms with Crippen LogP contribution in [0.4, 0.5) is 0 Å². The van der Waals surface area contributed by atoms with Gasteiger partial charge in [0.25, 0.3) is 0 Å². The number of aromatic nitrogens is 1. The first kappa shape index (κ1) is 25.5. The van der Waals surface area contributed by atoms with Gasteiger partial charge < -0.3 is 9.32 Å². The van der Waals surface area contributed by atoms with Crippen molar-refractivity contribution in [2.24, 2.45) is 0 Å². The quantitative estimate of drug-likeness (QED) is 0.392. The normalized spacial score (nSPS) is 16.6. The smallest absolute Gasteiger partial charge is 0.226 e. The fraction of sp³-hybridized carbons (Fsp3) is 0.423. The second-order valence-corrected chi connectivity index (χ2v) is 10.8. The Kier molecular flexibility index (Phi) is 8.38. The minimum absolute atomic E-state index is 0. The minimum Gasteiger partial charge on any atom is -0.441 e. The van der Waals surface area contributed by atoms with E-state index in [1.54, 1.807) is 12.1 Å². The summed E-state index contributed by atoms with van der Waals surface area (Å²) in [5.41, 5.74) is 3.99. The van der Waals surface area contributed by atoms with Crippen LogP contribution in [0.2, 0.25) is 0 Å². The van der Waals surface area contributed by atoms with Gasteiger partial charge in [-0.05, 0) is 75.0 Å². The molecule has 1 aliphatic rings. The highest BCUT2D eigenvalue weighted by atomic mass is 35.5. The summed E-state index contributed by atoms with van der Waals surface area (Å²) in [7, 11) is -3.19. The third-order valence-corrected chi connectivity index (χ3v) is 8.31. The first-order chi connectivity index (χ1) is 15.4. The molecule has 0 saturated carbocycles. The molecule has 1 atom stereocenters. The molecule has 0 aliphatic carbocycles. The molecule has 2 heterocycles. The Morgan fingerprint density at radius 1 is 1.03 bits per heavy atom. The highest BCUT2D eigenvalue weighted by Gasteiger charge is 2.21. The van der Waals surface area contributed by atoms with Gasteiger partial charge in [0.1, 0.15) is 5.76 Å². The fourth-order valence-electron chi connectivity index (χ4n) is 4.40. The van der Waals surface area contributed by atoms with Crippen LogP contribution < -0.4 is 0 Å². The summed E-state index contributed by atoms with van der Waals surface area (Å²) < 4.78 is 30.4. The molecule has 0 amide bonds. The van der Waals surface area contributed by atoms with Crippen LogP contribution in [0.5, 0.6) is 0 Å². The predicted molar refractivity (Wildman–Crippen MR) is 136 cm³/mol. The van der Waals surface area contributed by atoms with Crippen molar-refractivity contribution in [3.63, 3.8) is 0 Å². The first-order valence-electron chi connectivity index (χ1n) is 11.5. The van der Waals surface area contributed by atoms with Gasteiger partial charge in [0, 0.05) is 24.6 Å². The van der Waals surface area contributed by atoms with Crippen LogP contribution in [0.3, 0.4) is 0 Å². The fourth-order valence-corrected chi connectivity index (χ4v) is 5.73. The Morgan fingerprint density at radius 3 is 2.21 bits per heavy atom. The Hall–Kier alpha value is -2.15. The van der Waals surface area contributed by atoms with Gasteiger partial charge in [0.2, 0.25) is 5.89 Å². The van der Waals surface area contributed by atoms with E-state index in [2.05, 4.69) is 11.8 Å². The summed E-state index contributed by atoms with van der Waals surface area (Å²) in [5.74, 6) is 1.72. The van der Waals surface area contributed by atoms with Gasteiger partial charge in [-0.15, -0.1) is 12.4 Å². The Morgan fingerprint density at radius 2 is 1.64 bits per heavy atom. The summed E-state index contributed by atoms with van der Waals surface area (Å²) in [6.07, 6.45) is 4.09. The molecule has 0 spiro atoms. The van der Waals surface area contributed by atoms with Crippen molar-refractivity contribution in [1.29, 1.82) is 0 Å². The van der Waals surface area contributed by atoms with Crippen molar-refractivity contribution in [1.82, 2.24) is 9.88 Å². The standard InChI is InChI=1S/C26H32N2O3S.ClH/c1-4-18-32(29,30)24-13-11-22(12-14-24)21-7-9-23(10-8-21)26-27-25(20(3)31-26)15-17-28-16-5-6-19(28)2;/h7-14,19H,4-6,15-18H2,1-3H3;1H. The van der Waals surface area contributed by atoms with Gasteiger partial charge in [-0.2, -0.15) is 0 Å². The van der Waals surface area contributed by atoms with Crippen LogP contribution in [0.15, 0.2) is 57.8 Å². The molecule has 1 unspecified atom stereocenters. The van der Waals surface area contributed by atoms with E-state index in [-0.39, 0.29) is 18.2 Å². The van der Waals surface area contributed by atoms with E-state index in [1.807, 2.05) is 50.2 Å². The molecule has 0 N–H and O–H groups in total. The topological polar surface area (TPSA) is 63.4 Å². The van der Waals surface area contributed by atoms with Crippen molar-refractivity contribution >= 4 is 22.2 Å². The molecule has 3 aromatic rings. The van der Waals surface area contributed by atoms with E-state index in [1.165, 1.54) is 19.4 Å². The van der Waals surface area contributed by atoms with Gasteiger partial charge >= 0.3 is 0 Å². The van der Waals surface area contributed by atoms with Crippen LogP contribution >= 0.6 is 12.4 Å². The molecule has 5 nitrogen and oxygen atoms in total. The van der Waals surface area contributed by atoms with Crippen molar-refractivity contribution in [3.05, 3.63) is 60.0 Å². The number of benzene rings is 2. The van der Waals surface area contributed by atoms with Crippen molar-refractivity contribution in [3.8, 4) is 22.6 Å². The van der Waals surface area contributed by atoms with E-state index >= 15 is 0 Å². The Balaban J connectivity index is 0.00000306. The van der Waals surface area contributed by atoms with Crippen LogP contribution in [0, 0.1) is 6.92 Å². The molecule has 1 aromatic heterocycles.